The Hall–Kier alpha value is -4.66. The van der Waals surface area contributed by atoms with E-state index in [-0.39, 0.29) is 18.7 Å². The van der Waals surface area contributed by atoms with Crippen LogP contribution in [0.1, 0.15) is 36.9 Å². The maximum atomic E-state index is 14.2. The Morgan fingerprint density at radius 3 is 2.73 bits per heavy atom. The van der Waals surface area contributed by atoms with Gasteiger partial charge in [-0.15, -0.1) is 0 Å². The van der Waals surface area contributed by atoms with Crippen molar-refractivity contribution in [3.05, 3.63) is 95.3 Å². The number of hydrogen-bond acceptors (Lipinski definition) is 6. The highest BCUT2D eigenvalue weighted by atomic mass is 19.1. The molecule has 6 rings (SSSR count). The first-order valence-electron chi connectivity index (χ1n) is 11.9. The summed E-state index contributed by atoms with van der Waals surface area (Å²) in [4.78, 5) is 19.6. The van der Waals surface area contributed by atoms with Crippen LogP contribution >= 0.6 is 0 Å². The molecule has 9 heteroatoms. The van der Waals surface area contributed by atoms with Gasteiger partial charge in [0.2, 0.25) is 12.6 Å². The van der Waals surface area contributed by atoms with E-state index in [1.165, 1.54) is 12.1 Å². The minimum absolute atomic E-state index is 0.159. The molecule has 4 aromatic rings. The van der Waals surface area contributed by atoms with E-state index in [4.69, 9.17) is 14.0 Å². The lowest BCUT2D eigenvalue weighted by molar-refractivity contribution is 0.174. The summed E-state index contributed by atoms with van der Waals surface area (Å²) in [5.41, 5.74) is 4.23. The van der Waals surface area contributed by atoms with E-state index in [9.17, 15) is 9.18 Å². The van der Waals surface area contributed by atoms with Gasteiger partial charge in [0.1, 0.15) is 5.82 Å². The maximum Gasteiger partial charge on any atom is 0.326 e. The highest BCUT2D eigenvalue weighted by Gasteiger charge is 2.36. The predicted octanol–water partition coefficient (Wildman–Crippen LogP) is 5.87. The van der Waals surface area contributed by atoms with Gasteiger partial charge < -0.3 is 19.3 Å². The number of anilines is 1. The number of carbonyl (C=O) groups excluding carboxylic acids is 1. The Labute approximate surface area is 212 Å². The molecular weight excluding hydrogens is 475 g/mol. The van der Waals surface area contributed by atoms with Gasteiger partial charge in [-0.05, 0) is 66.9 Å². The van der Waals surface area contributed by atoms with Crippen LogP contribution < -0.4 is 19.7 Å². The third kappa shape index (κ3) is 4.08. The summed E-state index contributed by atoms with van der Waals surface area (Å²) < 4.78 is 30.8. The smallest absolute Gasteiger partial charge is 0.326 e. The number of benzene rings is 3. The SMILES string of the molecule is CCc1cccc(N2C(=O)NC(c3cccc(F)c3)C(c3nc(-c4ccc5c(c4)OCO5)no3)=C2C)c1. The molecule has 37 heavy (non-hydrogen) atoms. The fourth-order valence-electron chi connectivity index (χ4n) is 4.67. The van der Waals surface area contributed by atoms with Gasteiger partial charge in [-0.2, -0.15) is 4.98 Å². The van der Waals surface area contributed by atoms with Crippen molar-refractivity contribution in [1.82, 2.24) is 15.5 Å². The molecule has 186 valence electrons. The Morgan fingerprint density at radius 2 is 1.89 bits per heavy atom. The predicted molar refractivity (Wildman–Crippen MR) is 134 cm³/mol. The van der Waals surface area contributed by atoms with Crippen LogP contribution in [-0.4, -0.2) is 23.0 Å². The van der Waals surface area contributed by atoms with Crippen molar-refractivity contribution in [1.29, 1.82) is 0 Å². The Kier molecular flexibility index (Phi) is 5.60. The summed E-state index contributed by atoms with van der Waals surface area (Å²) in [6.07, 6.45) is 0.827. The van der Waals surface area contributed by atoms with Crippen molar-refractivity contribution in [3.8, 4) is 22.9 Å². The van der Waals surface area contributed by atoms with Gasteiger partial charge in [-0.1, -0.05) is 36.3 Å². The number of nitrogens with one attached hydrogen (secondary N) is 1. The zero-order valence-electron chi connectivity index (χ0n) is 20.2. The van der Waals surface area contributed by atoms with Crippen LogP contribution in [0.25, 0.3) is 17.0 Å². The molecule has 1 unspecified atom stereocenters. The van der Waals surface area contributed by atoms with E-state index in [2.05, 4.69) is 22.4 Å². The third-order valence-corrected chi connectivity index (χ3v) is 6.53. The van der Waals surface area contributed by atoms with Gasteiger partial charge in [-0.3, -0.25) is 4.90 Å². The molecule has 0 saturated carbocycles. The molecule has 0 aliphatic carbocycles. The van der Waals surface area contributed by atoms with Crippen LogP contribution in [0.3, 0.4) is 0 Å². The van der Waals surface area contributed by atoms with Crippen molar-refractivity contribution in [2.24, 2.45) is 0 Å². The Balaban J connectivity index is 1.48. The molecule has 2 aliphatic heterocycles. The quantitative estimate of drug-likeness (QED) is 0.370. The largest absolute Gasteiger partial charge is 0.454 e. The number of carbonyl (C=O) groups is 1. The van der Waals surface area contributed by atoms with Gasteiger partial charge in [0.25, 0.3) is 5.89 Å². The molecule has 0 spiro atoms. The molecule has 2 aliphatic rings. The first-order valence-corrected chi connectivity index (χ1v) is 11.9. The second-order valence-corrected chi connectivity index (χ2v) is 8.79. The van der Waals surface area contributed by atoms with Gasteiger partial charge >= 0.3 is 6.03 Å². The second-order valence-electron chi connectivity index (χ2n) is 8.79. The topological polar surface area (TPSA) is 89.7 Å². The van der Waals surface area contributed by atoms with E-state index in [1.54, 1.807) is 29.2 Å². The average Bonchev–Trinajstić information content (AvgIpc) is 3.58. The van der Waals surface area contributed by atoms with Crippen molar-refractivity contribution in [2.45, 2.75) is 26.3 Å². The number of fused-ring (bicyclic) bond motifs is 1. The minimum Gasteiger partial charge on any atom is -0.454 e. The number of amides is 2. The molecule has 1 N–H and O–H groups in total. The zero-order chi connectivity index (χ0) is 25.5. The molecule has 1 atom stereocenters. The normalized spacial score (nSPS) is 16.8. The molecule has 0 saturated heterocycles. The standard InChI is InChI=1S/C28H23FN4O4/c1-3-17-6-4-9-21(12-17)33-16(2)24(25(30-28(33)34)18-7-5-8-20(29)13-18)27-31-26(32-37-27)19-10-11-22-23(14-19)36-15-35-22/h4-14,25H,3,15H2,1-2H3,(H,30,34). The summed E-state index contributed by atoms with van der Waals surface area (Å²) in [5, 5.41) is 7.20. The highest BCUT2D eigenvalue weighted by Crippen LogP contribution is 2.40. The summed E-state index contributed by atoms with van der Waals surface area (Å²) in [6.45, 7) is 4.04. The van der Waals surface area contributed by atoms with Crippen LogP contribution in [-0.2, 0) is 6.42 Å². The lowest BCUT2D eigenvalue weighted by Gasteiger charge is -2.35. The maximum absolute atomic E-state index is 14.2. The number of aromatic nitrogens is 2. The molecule has 8 nitrogen and oxygen atoms in total. The molecule has 2 amide bonds. The van der Waals surface area contributed by atoms with E-state index in [1.807, 2.05) is 37.3 Å². The lowest BCUT2D eigenvalue weighted by atomic mass is 9.94. The number of allylic oxidation sites excluding steroid dienone is 1. The number of ether oxygens (including phenoxy) is 2. The van der Waals surface area contributed by atoms with Crippen LogP contribution in [0.5, 0.6) is 11.5 Å². The number of aryl methyl sites for hydroxylation is 1. The number of hydrogen-bond donors (Lipinski definition) is 1. The third-order valence-electron chi connectivity index (χ3n) is 6.53. The van der Waals surface area contributed by atoms with Gasteiger partial charge in [-0.25, -0.2) is 9.18 Å². The van der Waals surface area contributed by atoms with Crippen molar-refractivity contribution >= 4 is 17.3 Å². The summed E-state index contributed by atoms with van der Waals surface area (Å²) in [5.74, 6) is 1.41. The molecule has 3 heterocycles. The van der Waals surface area contributed by atoms with Gasteiger partial charge in [0.15, 0.2) is 11.5 Å². The average molecular weight is 499 g/mol. The number of rotatable bonds is 5. The van der Waals surface area contributed by atoms with Gasteiger partial charge in [0.05, 0.1) is 17.3 Å². The Bertz CT molecular complexity index is 1550. The first kappa shape index (κ1) is 22.8. The summed E-state index contributed by atoms with van der Waals surface area (Å²) in [6, 6.07) is 18.2. The van der Waals surface area contributed by atoms with Crippen LogP contribution in [0.2, 0.25) is 0 Å². The van der Waals surface area contributed by atoms with Crippen molar-refractivity contribution in [3.63, 3.8) is 0 Å². The zero-order valence-corrected chi connectivity index (χ0v) is 20.2. The molecular formula is C28H23FN4O4. The van der Waals surface area contributed by atoms with E-state index in [0.717, 1.165) is 12.0 Å². The number of nitrogens with zero attached hydrogens (tertiary/aromatic N) is 3. The van der Waals surface area contributed by atoms with E-state index >= 15 is 0 Å². The van der Waals surface area contributed by atoms with Crippen LogP contribution in [0, 0.1) is 5.82 Å². The molecule has 3 aromatic carbocycles. The van der Waals surface area contributed by atoms with Crippen molar-refractivity contribution in [2.75, 3.05) is 11.7 Å². The van der Waals surface area contributed by atoms with E-state index in [0.29, 0.717) is 45.4 Å². The first-order chi connectivity index (χ1) is 18.0. The fourth-order valence-corrected chi connectivity index (χ4v) is 4.67. The lowest BCUT2D eigenvalue weighted by Crippen LogP contribution is -2.46. The van der Waals surface area contributed by atoms with Crippen LogP contribution in [0.4, 0.5) is 14.9 Å². The second kappa shape index (κ2) is 9.09. The highest BCUT2D eigenvalue weighted by molar-refractivity contribution is 6.01. The summed E-state index contributed by atoms with van der Waals surface area (Å²) >= 11 is 0. The van der Waals surface area contributed by atoms with Gasteiger partial charge in [0, 0.05) is 11.3 Å². The fraction of sp³-hybridized carbons (Fsp3) is 0.179. The number of halogens is 1. The molecule has 1 aromatic heterocycles. The molecule has 0 bridgehead atoms. The van der Waals surface area contributed by atoms with Crippen molar-refractivity contribution < 1.29 is 23.2 Å². The van der Waals surface area contributed by atoms with Crippen LogP contribution in [0.15, 0.2) is 77.0 Å². The monoisotopic (exact) mass is 498 g/mol. The minimum atomic E-state index is -0.695. The summed E-state index contributed by atoms with van der Waals surface area (Å²) in [7, 11) is 0. The van der Waals surface area contributed by atoms with E-state index < -0.39 is 11.9 Å². The molecule has 0 fully saturated rings. The molecule has 0 radical (unpaired) electrons. The Morgan fingerprint density at radius 1 is 1.05 bits per heavy atom. The number of urea groups is 1.